The van der Waals surface area contributed by atoms with Gasteiger partial charge in [0.05, 0.1) is 29.9 Å². The molecule has 1 unspecified atom stereocenters. The average Bonchev–Trinajstić information content (AvgIpc) is 3.25. The second-order valence-electron chi connectivity index (χ2n) is 7.93. The highest BCUT2D eigenvalue weighted by Crippen LogP contribution is 2.38. The number of nitriles is 1. The molecule has 1 aromatic heterocycles. The molecule has 5 heteroatoms. The van der Waals surface area contributed by atoms with Crippen LogP contribution >= 0.6 is 0 Å². The van der Waals surface area contributed by atoms with Crippen molar-refractivity contribution in [3.63, 3.8) is 0 Å². The molecule has 2 aromatic carbocycles. The van der Waals surface area contributed by atoms with Crippen molar-refractivity contribution in [3.8, 4) is 6.07 Å². The number of nitrogens with zero attached hydrogens (tertiary/aromatic N) is 3. The molecule has 0 bridgehead atoms. The van der Waals surface area contributed by atoms with Crippen molar-refractivity contribution >= 4 is 5.69 Å². The molecule has 3 rings (SSSR count). The van der Waals surface area contributed by atoms with Gasteiger partial charge in [0.15, 0.2) is 5.60 Å². The SMILES string of the molecule is C=C/C(=C\C)CCc1cc(C(O)(c2ccc(NC)c(C)c2)c2cncn2C)ccc1C#N. The molecular weight excluding hydrogens is 396 g/mol. The van der Waals surface area contributed by atoms with E-state index < -0.39 is 5.60 Å². The first-order valence-corrected chi connectivity index (χ1v) is 10.7. The Morgan fingerprint density at radius 1 is 1.28 bits per heavy atom. The summed E-state index contributed by atoms with van der Waals surface area (Å²) in [5, 5.41) is 25.1. The molecule has 3 aromatic rings. The third-order valence-electron chi connectivity index (χ3n) is 6.06. The summed E-state index contributed by atoms with van der Waals surface area (Å²) in [6.45, 7) is 7.85. The number of aromatic nitrogens is 2. The number of aliphatic hydroxyl groups is 1. The normalized spacial score (nSPS) is 13.3. The topological polar surface area (TPSA) is 73.9 Å². The van der Waals surface area contributed by atoms with Crippen LogP contribution in [0.25, 0.3) is 0 Å². The molecule has 0 aliphatic heterocycles. The molecule has 5 nitrogen and oxygen atoms in total. The van der Waals surface area contributed by atoms with Crippen molar-refractivity contribution in [1.29, 1.82) is 5.26 Å². The molecule has 1 atom stereocenters. The minimum Gasteiger partial charge on any atom is -0.388 e. The molecule has 0 spiro atoms. The molecule has 0 amide bonds. The van der Waals surface area contributed by atoms with Crippen LogP contribution in [0.5, 0.6) is 0 Å². The Bertz CT molecular complexity index is 1200. The summed E-state index contributed by atoms with van der Waals surface area (Å²) in [6.07, 6.45) is 8.70. The summed E-state index contributed by atoms with van der Waals surface area (Å²) in [5.41, 5.74) is 5.35. The zero-order chi connectivity index (χ0) is 23.3. The summed E-state index contributed by atoms with van der Waals surface area (Å²) in [6, 6.07) is 13.8. The molecule has 2 N–H and O–H groups in total. The van der Waals surface area contributed by atoms with Gasteiger partial charge in [-0.25, -0.2) is 4.98 Å². The maximum atomic E-state index is 12.2. The van der Waals surface area contributed by atoms with Gasteiger partial charge in [-0.15, -0.1) is 0 Å². The summed E-state index contributed by atoms with van der Waals surface area (Å²) in [4.78, 5) is 4.25. The van der Waals surface area contributed by atoms with Crippen LogP contribution in [0, 0.1) is 18.3 Å². The quantitative estimate of drug-likeness (QED) is 0.498. The highest BCUT2D eigenvalue weighted by Gasteiger charge is 2.37. The van der Waals surface area contributed by atoms with E-state index in [0.717, 1.165) is 34.4 Å². The number of nitrogens with one attached hydrogen (secondary N) is 1. The van der Waals surface area contributed by atoms with Crippen molar-refractivity contribution in [2.45, 2.75) is 32.3 Å². The highest BCUT2D eigenvalue weighted by atomic mass is 16.3. The second-order valence-corrected chi connectivity index (χ2v) is 7.93. The largest absolute Gasteiger partial charge is 0.388 e. The van der Waals surface area contributed by atoms with Gasteiger partial charge in [-0.1, -0.05) is 48.6 Å². The van der Waals surface area contributed by atoms with Crippen LogP contribution in [0.15, 0.2) is 73.2 Å². The first kappa shape index (κ1) is 23.1. The molecule has 0 fully saturated rings. The number of hydrogen-bond donors (Lipinski definition) is 2. The fourth-order valence-corrected chi connectivity index (χ4v) is 4.12. The highest BCUT2D eigenvalue weighted by molar-refractivity contribution is 5.56. The summed E-state index contributed by atoms with van der Waals surface area (Å²) in [5.74, 6) is 0. The van der Waals surface area contributed by atoms with Gasteiger partial charge >= 0.3 is 0 Å². The molecule has 0 saturated carbocycles. The minimum atomic E-state index is -1.42. The van der Waals surface area contributed by atoms with Gasteiger partial charge in [0.2, 0.25) is 0 Å². The van der Waals surface area contributed by atoms with Gasteiger partial charge in [0.25, 0.3) is 0 Å². The summed E-state index contributed by atoms with van der Waals surface area (Å²) in [7, 11) is 3.75. The van der Waals surface area contributed by atoms with Crippen molar-refractivity contribution in [3.05, 3.63) is 107 Å². The van der Waals surface area contributed by atoms with Gasteiger partial charge in [0, 0.05) is 19.8 Å². The number of imidazole rings is 1. The summed E-state index contributed by atoms with van der Waals surface area (Å²) >= 11 is 0. The third-order valence-corrected chi connectivity index (χ3v) is 6.06. The number of allylic oxidation sites excluding steroid dienone is 3. The van der Waals surface area contributed by atoms with Crippen molar-refractivity contribution in [2.75, 3.05) is 12.4 Å². The lowest BCUT2D eigenvalue weighted by atomic mass is 9.81. The average molecular weight is 427 g/mol. The zero-order valence-corrected chi connectivity index (χ0v) is 19.2. The van der Waals surface area contributed by atoms with Crippen LogP contribution in [0.4, 0.5) is 5.69 Å². The van der Waals surface area contributed by atoms with Crippen molar-refractivity contribution < 1.29 is 5.11 Å². The Labute approximate surface area is 190 Å². The van der Waals surface area contributed by atoms with E-state index in [9.17, 15) is 10.4 Å². The van der Waals surface area contributed by atoms with Gasteiger partial charge < -0.3 is 15.0 Å². The third kappa shape index (κ3) is 4.23. The van der Waals surface area contributed by atoms with Gasteiger partial charge in [-0.05, 0) is 61.1 Å². The lowest BCUT2D eigenvalue weighted by Crippen LogP contribution is -2.31. The Morgan fingerprint density at radius 2 is 2.00 bits per heavy atom. The minimum absolute atomic E-state index is 0.613. The van der Waals surface area contributed by atoms with E-state index in [1.165, 1.54) is 0 Å². The Hall–Kier alpha value is -3.62. The van der Waals surface area contributed by atoms with E-state index in [4.69, 9.17) is 0 Å². The monoisotopic (exact) mass is 426 g/mol. The molecule has 0 aliphatic rings. The smallest absolute Gasteiger partial charge is 0.156 e. The number of aryl methyl sites for hydroxylation is 3. The van der Waals surface area contributed by atoms with E-state index in [0.29, 0.717) is 23.2 Å². The molecule has 1 heterocycles. The predicted molar refractivity (Wildman–Crippen MR) is 129 cm³/mol. The standard InChI is InChI=1S/C27H30N4O/c1-6-20(7-2)8-9-21-15-24(11-10-22(21)16-28)27(32,26-17-30-18-31(26)5)23-12-13-25(29-4)19(3)14-23/h6-7,10-15,17-18,29,32H,1,8-9H2,2-5H3/b20-7+. The first-order chi connectivity index (χ1) is 15.4. The molecule has 164 valence electrons. The first-order valence-electron chi connectivity index (χ1n) is 10.7. The fourth-order valence-electron chi connectivity index (χ4n) is 4.12. The lowest BCUT2D eigenvalue weighted by Gasteiger charge is -2.31. The molecule has 0 radical (unpaired) electrons. The Balaban J connectivity index is 2.19. The Kier molecular flexibility index (Phi) is 6.97. The van der Waals surface area contributed by atoms with Crippen molar-refractivity contribution in [2.24, 2.45) is 7.05 Å². The second kappa shape index (κ2) is 9.67. The number of hydrogen-bond acceptors (Lipinski definition) is 4. The van der Waals surface area contributed by atoms with Crippen LogP contribution < -0.4 is 5.32 Å². The van der Waals surface area contributed by atoms with Crippen LogP contribution in [0.3, 0.4) is 0 Å². The maximum absolute atomic E-state index is 12.2. The fraction of sp³-hybridized carbons (Fsp3) is 0.259. The van der Waals surface area contributed by atoms with Gasteiger partial charge in [-0.2, -0.15) is 5.26 Å². The lowest BCUT2D eigenvalue weighted by molar-refractivity contribution is 0.117. The van der Waals surface area contributed by atoms with Crippen LogP contribution in [-0.2, 0) is 19.1 Å². The number of anilines is 1. The van der Waals surface area contributed by atoms with Gasteiger partial charge in [-0.3, -0.25) is 0 Å². The van der Waals surface area contributed by atoms with E-state index in [1.807, 2.05) is 75.0 Å². The number of benzene rings is 2. The van der Waals surface area contributed by atoms with E-state index in [2.05, 4.69) is 22.9 Å². The molecular formula is C27H30N4O. The zero-order valence-electron chi connectivity index (χ0n) is 19.2. The van der Waals surface area contributed by atoms with Crippen LogP contribution in [0.2, 0.25) is 0 Å². The van der Waals surface area contributed by atoms with E-state index in [-0.39, 0.29) is 0 Å². The van der Waals surface area contributed by atoms with Crippen LogP contribution in [-0.4, -0.2) is 21.7 Å². The molecule has 0 aliphatic carbocycles. The molecule has 0 saturated heterocycles. The number of rotatable bonds is 8. The molecule has 32 heavy (non-hydrogen) atoms. The predicted octanol–water partition coefficient (Wildman–Crippen LogP) is 4.99. The van der Waals surface area contributed by atoms with E-state index in [1.54, 1.807) is 18.6 Å². The Morgan fingerprint density at radius 3 is 2.56 bits per heavy atom. The maximum Gasteiger partial charge on any atom is 0.156 e. The summed E-state index contributed by atoms with van der Waals surface area (Å²) < 4.78 is 1.83. The van der Waals surface area contributed by atoms with Crippen molar-refractivity contribution in [1.82, 2.24) is 9.55 Å². The van der Waals surface area contributed by atoms with Crippen LogP contribution in [0.1, 0.15) is 46.9 Å². The van der Waals surface area contributed by atoms with E-state index >= 15 is 0 Å². The van der Waals surface area contributed by atoms with Gasteiger partial charge in [0.1, 0.15) is 0 Å².